The number of hydrogen-bond acceptors (Lipinski definition) is 6. The molecule has 0 unspecified atom stereocenters. The molecule has 0 radical (unpaired) electrons. The molecule has 2 aromatic heterocycles. The average Bonchev–Trinajstić information content (AvgIpc) is 3.09. The number of aromatic nitrogens is 3. The number of pyridine rings is 1. The van der Waals surface area contributed by atoms with Crippen molar-refractivity contribution in [2.24, 2.45) is 0 Å². The van der Waals surface area contributed by atoms with Gasteiger partial charge < -0.3 is 15.4 Å². The number of nitrogens with zero attached hydrogens (tertiary/aromatic N) is 4. The lowest BCUT2D eigenvalue weighted by molar-refractivity contribution is -0.136. The van der Waals surface area contributed by atoms with Gasteiger partial charge in [0.25, 0.3) is 0 Å². The largest absolute Gasteiger partial charge is 0.384 e. The molecular weight excluding hydrogens is 318 g/mol. The molecule has 3 rings (SSSR count). The summed E-state index contributed by atoms with van der Waals surface area (Å²) in [5.41, 5.74) is 8.63. The minimum Gasteiger partial charge on any atom is -0.384 e. The molecule has 7 nitrogen and oxygen atoms in total. The number of carbonyl (C=O) groups excluding carboxylic acids is 1. The molecule has 1 amide bonds. The molecule has 7 heteroatoms. The Labute approximate surface area is 147 Å². The van der Waals surface area contributed by atoms with Gasteiger partial charge in [-0.25, -0.2) is 15.0 Å². The molecule has 25 heavy (non-hydrogen) atoms. The Bertz CT molecular complexity index is 750. The monoisotopic (exact) mass is 341 g/mol. The highest BCUT2D eigenvalue weighted by molar-refractivity contribution is 5.78. The van der Waals surface area contributed by atoms with Crippen LogP contribution < -0.4 is 5.73 Å². The fourth-order valence-corrected chi connectivity index (χ4v) is 3.04. The minimum absolute atomic E-state index is 0.0277. The first-order valence-corrected chi connectivity index (χ1v) is 8.45. The maximum atomic E-state index is 12.3. The maximum absolute atomic E-state index is 12.3. The summed E-state index contributed by atoms with van der Waals surface area (Å²) < 4.78 is 5.43. The zero-order valence-electron chi connectivity index (χ0n) is 14.6. The molecule has 0 aliphatic carbocycles. The summed E-state index contributed by atoms with van der Waals surface area (Å²) in [6.45, 7) is 5.33. The summed E-state index contributed by atoms with van der Waals surface area (Å²) in [5.74, 6) is 0.664. The van der Waals surface area contributed by atoms with E-state index in [1.54, 1.807) is 18.7 Å². The van der Waals surface area contributed by atoms with Crippen LogP contribution in [-0.2, 0) is 9.53 Å². The van der Waals surface area contributed by atoms with Gasteiger partial charge in [-0.1, -0.05) is 0 Å². The van der Waals surface area contributed by atoms with Crippen LogP contribution in [0, 0.1) is 0 Å². The van der Waals surface area contributed by atoms with Crippen molar-refractivity contribution in [2.75, 3.05) is 25.4 Å². The van der Waals surface area contributed by atoms with Crippen molar-refractivity contribution < 1.29 is 9.53 Å². The van der Waals surface area contributed by atoms with E-state index in [4.69, 9.17) is 10.5 Å². The van der Waals surface area contributed by atoms with Gasteiger partial charge in [0.2, 0.25) is 5.91 Å². The van der Waals surface area contributed by atoms with Crippen LogP contribution in [0.4, 0.5) is 5.82 Å². The molecule has 2 aromatic rings. The van der Waals surface area contributed by atoms with E-state index >= 15 is 0 Å². The lowest BCUT2D eigenvalue weighted by atomic mass is 9.96. The standard InChI is InChI=1S/C18H23N5O2/c1-12(2)25-10-17(24)23-6-4-14(9-23)18-15(8-20-11-22-18)13-3-5-21-16(19)7-13/h3,5,7-8,11-12,14H,4,6,9-10H2,1-2H3,(H2,19,21)/t14-/m1/s1. The van der Waals surface area contributed by atoms with Crippen LogP contribution in [0.3, 0.4) is 0 Å². The Morgan fingerprint density at radius 3 is 3.04 bits per heavy atom. The third kappa shape index (κ3) is 4.11. The first-order valence-electron chi connectivity index (χ1n) is 8.45. The summed E-state index contributed by atoms with van der Waals surface area (Å²) in [7, 11) is 0. The molecule has 132 valence electrons. The Balaban J connectivity index is 1.76. The van der Waals surface area contributed by atoms with Crippen LogP contribution >= 0.6 is 0 Å². The number of rotatable bonds is 5. The summed E-state index contributed by atoms with van der Waals surface area (Å²) in [4.78, 5) is 26.8. The predicted octanol–water partition coefficient (Wildman–Crippen LogP) is 1.86. The average molecular weight is 341 g/mol. The van der Waals surface area contributed by atoms with Crippen molar-refractivity contribution >= 4 is 11.7 Å². The molecule has 1 saturated heterocycles. The molecule has 1 aliphatic heterocycles. The topological polar surface area (TPSA) is 94.2 Å². The van der Waals surface area contributed by atoms with Crippen molar-refractivity contribution in [3.63, 3.8) is 0 Å². The maximum Gasteiger partial charge on any atom is 0.248 e. The highest BCUT2D eigenvalue weighted by Gasteiger charge is 2.30. The number of carbonyl (C=O) groups is 1. The van der Waals surface area contributed by atoms with E-state index in [-0.39, 0.29) is 24.5 Å². The molecule has 0 saturated carbocycles. The zero-order valence-corrected chi connectivity index (χ0v) is 14.6. The van der Waals surface area contributed by atoms with Gasteiger partial charge in [0.1, 0.15) is 18.8 Å². The van der Waals surface area contributed by atoms with E-state index < -0.39 is 0 Å². The molecule has 3 heterocycles. The molecule has 1 aliphatic rings. The van der Waals surface area contributed by atoms with E-state index in [9.17, 15) is 4.79 Å². The van der Waals surface area contributed by atoms with Gasteiger partial charge in [-0.15, -0.1) is 0 Å². The number of amides is 1. The molecule has 2 N–H and O–H groups in total. The van der Waals surface area contributed by atoms with Crippen LogP contribution in [0.5, 0.6) is 0 Å². The van der Waals surface area contributed by atoms with Crippen molar-refractivity contribution in [1.82, 2.24) is 19.9 Å². The fourth-order valence-electron chi connectivity index (χ4n) is 3.04. The third-order valence-electron chi connectivity index (χ3n) is 4.30. The summed E-state index contributed by atoms with van der Waals surface area (Å²) in [6.07, 6.45) is 5.94. The van der Waals surface area contributed by atoms with Crippen molar-refractivity contribution in [2.45, 2.75) is 32.3 Å². The van der Waals surface area contributed by atoms with Crippen molar-refractivity contribution in [3.05, 3.63) is 36.5 Å². The highest BCUT2D eigenvalue weighted by Crippen LogP contribution is 2.33. The molecule has 0 aromatic carbocycles. The molecule has 1 fully saturated rings. The summed E-state index contributed by atoms with van der Waals surface area (Å²) in [6, 6.07) is 3.71. The van der Waals surface area contributed by atoms with Crippen LogP contribution in [0.15, 0.2) is 30.9 Å². The van der Waals surface area contributed by atoms with Crippen LogP contribution in [-0.4, -0.2) is 51.6 Å². The van der Waals surface area contributed by atoms with Crippen LogP contribution in [0.25, 0.3) is 11.1 Å². The lowest BCUT2D eigenvalue weighted by Gasteiger charge is -2.18. The van der Waals surface area contributed by atoms with Gasteiger partial charge in [0.15, 0.2) is 0 Å². The molecular formula is C18H23N5O2. The zero-order chi connectivity index (χ0) is 17.8. The Hall–Kier alpha value is -2.54. The second-order valence-corrected chi connectivity index (χ2v) is 6.48. The van der Waals surface area contributed by atoms with Crippen molar-refractivity contribution in [3.8, 4) is 11.1 Å². The molecule has 0 spiro atoms. The normalized spacial score (nSPS) is 17.2. The van der Waals surface area contributed by atoms with E-state index in [1.165, 1.54) is 0 Å². The number of ether oxygens (including phenoxy) is 1. The van der Waals surface area contributed by atoms with Gasteiger partial charge in [0, 0.05) is 37.0 Å². The number of anilines is 1. The highest BCUT2D eigenvalue weighted by atomic mass is 16.5. The second-order valence-electron chi connectivity index (χ2n) is 6.48. The summed E-state index contributed by atoms with van der Waals surface area (Å²) >= 11 is 0. The van der Waals surface area contributed by atoms with Crippen LogP contribution in [0.2, 0.25) is 0 Å². The molecule has 0 bridgehead atoms. The predicted molar refractivity (Wildman–Crippen MR) is 94.7 cm³/mol. The Kier molecular flexibility index (Phi) is 5.23. The van der Waals surface area contributed by atoms with Crippen molar-refractivity contribution in [1.29, 1.82) is 0 Å². The number of nitrogen functional groups attached to an aromatic ring is 1. The second kappa shape index (κ2) is 7.57. The van der Waals surface area contributed by atoms with E-state index in [0.717, 1.165) is 23.2 Å². The van der Waals surface area contributed by atoms with Gasteiger partial charge in [-0.05, 0) is 38.0 Å². The van der Waals surface area contributed by atoms with Crippen LogP contribution in [0.1, 0.15) is 31.9 Å². The van der Waals surface area contributed by atoms with Gasteiger partial charge >= 0.3 is 0 Å². The quantitative estimate of drug-likeness (QED) is 0.892. The van der Waals surface area contributed by atoms with E-state index in [1.807, 2.05) is 30.9 Å². The van der Waals surface area contributed by atoms with Gasteiger partial charge in [-0.2, -0.15) is 0 Å². The fraction of sp³-hybridized carbons (Fsp3) is 0.444. The number of hydrogen-bond donors (Lipinski definition) is 1. The lowest BCUT2D eigenvalue weighted by Crippen LogP contribution is -2.32. The smallest absolute Gasteiger partial charge is 0.248 e. The number of nitrogens with two attached hydrogens (primary N) is 1. The first-order chi connectivity index (χ1) is 12.0. The number of likely N-dealkylation sites (tertiary alicyclic amines) is 1. The van der Waals surface area contributed by atoms with Gasteiger partial charge in [-0.3, -0.25) is 4.79 Å². The third-order valence-corrected chi connectivity index (χ3v) is 4.30. The van der Waals surface area contributed by atoms with E-state index in [0.29, 0.717) is 18.9 Å². The minimum atomic E-state index is 0.0277. The Morgan fingerprint density at radius 2 is 2.28 bits per heavy atom. The SMILES string of the molecule is CC(C)OCC(=O)N1CC[C@@H](c2ncncc2-c2ccnc(N)c2)C1. The summed E-state index contributed by atoms with van der Waals surface area (Å²) in [5, 5.41) is 0. The first kappa shape index (κ1) is 17.3. The van der Waals surface area contributed by atoms with E-state index in [2.05, 4.69) is 15.0 Å². The van der Waals surface area contributed by atoms with Gasteiger partial charge in [0.05, 0.1) is 11.8 Å². The molecule has 1 atom stereocenters. The Morgan fingerprint density at radius 1 is 1.44 bits per heavy atom.